The van der Waals surface area contributed by atoms with E-state index in [4.69, 9.17) is 0 Å². The van der Waals surface area contributed by atoms with Crippen molar-refractivity contribution >= 4 is 28.2 Å². The quantitative estimate of drug-likeness (QED) is 0.364. The maximum absolute atomic E-state index is 13.1. The Bertz CT molecular complexity index is 1200. The highest BCUT2D eigenvalue weighted by Crippen LogP contribution is 2.44. The molecule has 4 rings (SSSR count). The fourth-order valence-corrected chi connectivity index (χ4v) is 3.90. The number of benzene rings is 3. The minimum atomic E-state index is -4.89. The maximum atomic E-state index is 13.1. The summed E-state index contributed by atoms with van der Waals surface area (Å²) in [6.45, 7) is 3.86. The molecule has 0 fully saturated rings. The lowest BCUT2D eigenvalue weighted by molar-refractivity contribution is -0.143. The normalized spacial score (nSPS) is 16.1. The van der Waals surface area contributed by atoms with Crippen LogP contribution in [0.25, 0.3) is 16.8 Å². The van der Waals surface area contributed by atoms with E-state index in [9.17, 15) is 26.3 Å². The Morgan fingerprint density at radius 3 is 2.00 bits per heavy atom. The second-order valence-electron chi connectivity index (χ2n) is 7.98. The van der Waals surface area contributed by atoms with Gasteiger partial charge >= 0.3 is 12.4 Å². The van der Waals surface area contributed by atoms with Crippen LogP contribution in [0.15, 0.2) is 65.7 Å². The summed E-state index contributed by atoms with van der Waals surface area (Å²) in [5, 5.41) is 2.04. The SMILES string of the molecule is CC1(C)C(/C=C/c2cc(C(F)(F)F)cc(C(F)(F)F)c2)=Nc2ccc3ccccc3c21. The highest BCUT2D eigenvalue weighted by molar-refractivity contribution is 6.13. The van der Waals surface area contributed by atoms with Gasteiger partial charge in [0.2, 0.25) is 0 Å². The van der Waals surface area contributed by atoms with E-state index in [-0.39, 0.29) is 11.6 Å². The van der Waals surface area contributed by atoms with Crippen LogP contribution in [-0.4, -0.2) is 5.71 Å². The van der Waals surface area contributed by atoms with Crippen molar-refractivity contribution in [1.29, 1.82) is 0 Å². The molecular formula is C24H17F6N. The average molecular weight is 433 g/mol. The van der Waals surface area contributed by atoms with Gasteiger partial charge in [0.25, 0.3) is 0 Å². The van der Waals surface area contributed by atoms with Crippen molar-refractivity contribution in [3.8, 4) is 0 Å². The molecule has 0 bridgehead atoms. The summed E-state index contributed by atoms with van der Waals surface area (Å²) >= 11 is 0. The lowest BCUT2D eigenvalue weighted by Gasteiger charge is -2.22. The Hall–Kier alpha value is -3.09. The monoisotopic (exact) mass is 433 g/mol. The number of hydrogen-bond acceptors (Lipinski definition) is 1. The summed E-state index contributed by atoms with van der Waals surface area (Å²) in [5.74, 6) is 0. The summed E-state index contributed by atoms with van der Waals surface area (Å²) in [4.78, 5) is 4.60. The zero-order valence-corrected chi connectivity index (χ0v) is 16.6. The lowest BCUT2D eigenvalue weighted by atomic mass is 9.79. The Morgan fingerprint density at radius 1 is 0.774 bits per heavy atom. The first-order valence-electron chi connectivity index (χ1n) is 9.46. The van der Waals surface area contributed by atoms with Gasteiger partial charge in [0.15, 0.2) is 0 Å². The molecule has 0 amide bonds. The first kappa shape index (κ1) is 21.2. The Balaban J connectivity index is 1.76. The maximum Gasteiger partial charge on any atom is 0.416 e. The molecule has 0 radical (unpaired) electrons. The molecule has 1 nitrogen and oxygen atoms in total. The van der Waals surface area contributed by atoms with Crippen molar-refractivity contribution < 1.29 is 26.3 Å². The van der Waals surface area contributed by atoms with Crippen LogP contribution in [0.4, 0.5) is 32.0 Å². The van der Waals surface area contributed by atoms with E-state index in [1.807, 2.05) is 50.2 Å². The second-order valence-corrected chi connectivity index (χ2v) is 7.98. The van der Waals surface area contributed by atoms with Gasteiger partial charge in [0.1, 0.15) is 0 Å². The topological polar surface area (TPSA) is 12.4 Å². The predicted octanol–water partition coefficient (Wildman–Crippen LogP) is 7.95. The molecule has 7 heteroatoms. The van der Waals surface area contributed by atoms with Crippen LogP contribution in [0.1, 0.15) is 36.1 Å². The van der Waals surface area contributed by atoms with Crippen LogP contribution in [0.5, 0.6) is 0 Å². The molecule has 31 heavy (non-hydrogen) atoms. The van der Waals surface area contributed by atoms with Crippen molar-refractivity contribution in [3.63, 3.8) is 0 Å². The van der Waals surface area contributed by atoms with Crippen LogP contribution in [0, 0.1) is 0 Å². The second kappa shape index (κ2) is 6.97. The molecule has 0 aliphatic carbocycles. The van der Waals surface area contributed by atoms with Crippen molar-refractivity contribution in [3.05, 3.63) is 82.9 Å². The van der Waals surface area contributed by atoms with Gasteiger partial charge in [-0.15, -0.1) is 0 Å². The highest BCUT2D eigenvalue weighted by atomic mass is 19.4. The number of rotatable bonds is 2. The number of aliphatic imine (C=N–C) groups is 1. The molecule has 0 saturated carbocycles. The van der Waals surface area contributed by atoms with Crippen LogP contribution in [0.3, 0.4) is 0 Å². The fourth-order valence-electron chi connectivity index (χ4n) is 3.90. The summed E-state index contributed by atoms with van der Waals surface area (Å²) in [5.41, 5.74) is -1.17. The molecule has 0 unspecified atom stereocenters. The molecule has 0 atom stereocenters. The molecule has 3 aromatic rings. The highest BCUT2D eigenvalue weighted by Gasteiger charge is 2.37. The predicted molar refractivity (Wildman–Crippen MR) is 110 cm³/mol. The summed E-state index contributed by atoms with van der Waals surface area (Å²) in [6.07, 6.45) is -7.03. The number of allylic oxidation sites excluding steroid dienone is 1. The Labute approximate surface area is 174 Å². The number of nitrogens with zero attached hydrogens (tertiary/aromatic N) is 1. The van der Waals surface area contributed by atoms with Gasteiger partial charge in [-0.05, 0) is 52.2 Å². The van der Waals surface area contributed by atoms with E-state index < -0.39 is 28.9 Å². The third-order valence-electron chi connectivity index (χ3n) is 5.46. The van der Waals surface area contributed by atoms with Crippen LogP contribution in [0.2, 0.25) is 0 Å². The molecular weight excluding hydrogens is 416 g/mol. The first-order chi connectivity index (χ1) is 14.4. The number of alkyl halides is 6. The first-order valence-corrected chi connectivity index (χ1v) is 9.46. The van der Waals surface area contributed by atoms with Crippen molar-refractivity contribution in [2.75, 3.05) is 0 Å². The molecule has 0 saturated heterocycles. The van der Waals surface area contributed by atoms with E-state index in [0.717, 1.165) is 22.0 Å². The largest absolute Gasteiger partial charge is 0.416 e. The summed E-state index contributed by atoms with van der Waals surface area (Å²) in [6, 6.07) is 13.1. The van der Waals surface area contributed by atoms with E-state index in [1.165, 1.54) is 12.2 Å². The van der Waals surface area contributed by atoms with Crippen LogP contribution >= 0.6 is 0 Å². The number of hydrogen-bond donors (Lipinski definition) is 0. The summed E-state index contributed by atoms with van der Waals surface area (Å²) < 4.78 is 78.7. The number of fused-ring (bicyclic) bond motifs is 3. The van der Waals surface area contributed by atoms with E-state index in [2.05, 4.69) is 4.99 Å². The van der Waals surface area contributed by atoms with Crippen LogP contribution in [-0.2, 0) is 17.8 Å². The van der Waals surface area contributed by atoms with Gasteiger partial charge in [0, 0.05) is 5.41 Å². The lowest BCUT2D eigenvalue weighted by Crippen LogP contribution is -2.24. The zero-order chi connectivity index (χ0) is 22.6. The van der Waals surface area contributed by atoms with E-state index in [1.54, 1.807) is 0 Å². The molecule has 0 aromatic heterocycles. The molecule has 1 aliphatic heterocycles. The fraction of sp³-hybridized carbons (Fsp3) is 0.208. The third kappa shape index (κ3) is 3.84. The molecule has 160 valence electrons. The van der Waals surface area contributed by atoms with Crippen molar-refractivity contribution in [2.24, 2.45) is 4.99 Å². The van der Waals surface area contributed by atoms with Crippen molar-refractivity contribution in [2.45, 2.75) is 31.6 Å². The van der Waals surface area contributed by atoms with Crippen LogP contribution < -0.4 is 0 Å². The molecule has 1 heterocycles. The third-order valence-corrected chi connectivity index (χ3v) is 5.46. The van der Waals surface area contributed by atoms with Gasteiger partial charge in [-0.25, -0.2) is 0 Å². The van der Waals surface area contributed by atoms with Gasteiger partial charge in [0.05, 0.1) is 22.5 Å². The van der Waals surface area contributed by atoms with Gasteiger partial charge < -0.3 is 0 Å². The van der Waals surface area contributed by atoms with Gasteiger partial charge in [-0.1, -0.05) is 50.3 Å². The molecule has 3 aromatic carbocycles. The van der Waals surface area contributed by atoms with Gasteiger partial charge in [-0.3, -0.25) is 4.99 Å². The van der Waals surface area contributed by atoms with E-state index >= 15 is 0 Å². The zero-order valence-electron chi connectivity index (χ0n) is 16.6. The average Bonchev–Trinajstić information content (AvgIpc) is 2.95. The smallest absolute Gasteiger partial charge is 0.252 e. The minimum Gasteiger partial charge on any atom is -0.252 e. The minimum absolute atomic E-state index is 0.121. The Kier molecular flexibility index (Phi) is 4.76. The van der Waals surface area contributed by atoms with Crippen molar-refractivity contribution in [1.82, 2.24) is 0 Å². The molecule has 1 aliphatic rings. The Morgan fingerprint density at radius 2 is 1.39 bits per heavy atom. The van der Waals surface area contributed by atoms with Gasteiger partial charge in [-0.2, -0.15) is 26.3 Å². The van der Waals surface area contributed by atoms with E-state index in [0.29, 0.717) is 17.8 Å². The number of halogens is 6. The molecule has 0 spiro atoms. The standard InChI is InChI=1S/C24H17F6N/c1-22(2)20(31-19-9-8-15-5-3-4-6-18(15)21(19)22)10-7-14-11-16(23(25,26)27)13-17(12-14)24(28,29)30/h3-13H,1-2H3/b10-7+. The molecule has 0 N–H and O–H groups in total. The summed E-state index contributed by atoms with van der Waals surface area (Å²) in [7, 11) is 0.